The van der Waals surface area contributed by atoms with Crippen LogP contribution in [0.15, 0.2) is 48.5 Å². The summed E-state index contributed by atoms with van der Waals surface area (Å²) in [4.78, 5) is 53.5. The average Bonchev–Trinajstić information content (AvgIpc) is 3.35. The van der Waals surface area contributed by atoms with Crippen LogP contribution in [0.4, 0.5) is 10.1 Å². The molecule has 0 saturated carbocycles. The first kappa shape index (κ1) is 25.0. The van der Waals surface area contributed by atoms with Crippen LogP contribution in [0.1, 0.15) is 49.5 Å². The summed E-state index contributed by atoms with van der Waals surface area (Å²) in [6, 6.07) is 12.3. The Labute approximate surface area is 208 Å². The van der Waals surface area contributed by atoms with Gasteiger partial charge in [-0.05, 0) is 35.6 Å². The fourth-order valence-corrected chi connectivity index (χ4v) is 4.99. The molecule has 2 aliphatic rings. The number of anilines is 1. The van der Waals surface area contributed by atoms with Crippen LogP contribution in [-0.4, -0.2) is 47.0 Å². The van der Waals surface area contributed by atoms with Crippen molar-refractivity contribution in [2.24, 2.45) is 5.41 Å². The van der Waals surface area contributed by atoms with Crippen LogP contribution in [0.2, 0.25) is 0 Å². The summed E-state index contributed by atoms with van der Waals surface area (Å²) in [6.45, 7) is 5.56. The second-order valence-corrected chi connectivity index (χ2v) is 10.5. The van der Waals surface area contributed by atoms with Crippen molar-refractivity contribution in [1.29, 1.82) is 5.26 Å². The van der Waals surface area contributed by atoms with Crippen molar-refractivity contribution in [2.45, 2.75) is 51.1 Å². The molecule has 8 nitrogen and oxygen atoms in total. The van der Waals surface area contributed by atoms with Gasteiger partial charge in [-0.15, -0.1) is 0 Å². The Bertz CT molecular complexity index is 1300. The molecule has 3 amide bonds. The molecular formula is C27H27FN4O4. The first-order chi connectivity index (χ1) is 17.0. The summed E-state index contributed by atoms with van der Waals surface area (Å²) < 4.78 is 14.1. The van der Waals surface area contributed by atoms with Crippen molar-refractivity contribution < 1.29 is 23.6 Å². The number of carbonyl (C=O) groups excluding carboxylic acids is 4. The lowest BCUT2D eigenvalue weighted by atomic mass is 9.80. The second kappa shape index (κ2) is 9.19. The van der Waals surface area contributed by atoms with Gasteiger partial charge in [-0.1, -0.05) is 51.1 Å². The number of likely N-dealkylation sites (tertiary alicyclic amines) is 1. The highest BCUT2D eigenvalue weighted by Gasteiger charge is 2.56. The first-order valence-electron chi connectivity index (χ1n) is 11.7. The number of hydrogen-bond acceptors (Lipinski definition) is 5. The van der Waals surface area contributed by atoms with Gasteiger partial charge in [0.05, 0.1) is 17.0 Å². The van der Waals surface area contributed by atoms with E-state index in [2.05, 4.69) is 16.7 Å². The molecular weight excluding hydrogens is 463 g/mol. The van der Waals surface area contributed by atoms with E-state index >= 15 is 0 Å². The van der Waals surface area contributed by atoms with Gasteiger partial charge in [0.15, 0.2) is 0 Å². The lowest BCUT2D eigenvalue weighted by molar-refractivity contribution is -0.136. The van der Waals surface area contributed by atoms with Crippen LogP contribution in [0, 0.1) is 22.6 Å². The van der Waals surface area contributed by atoms with E-state index in [-0.39, 0.29) is 25.3 Å². The van der Waals surface area contributed by atoms with E-state index < -0.39 is 51.9 Å². The van der Waals surface area contributed by atoms with E-state index in [4.69, 9.17) is 0 Å². The third kappa shape index (κ3) is 4.47. The maximum absolute atomic E-state index is 14.1. The van der Waals surface area contributed by atoms with E-state index in [1.54, 1.807) is 24.3 Å². The van der Waals surface area contributed by atoms with Gasteiger partial charge in [0.25, 0.3) is 11.7 Å². The summed E-state index contributed by atoms with van der Waals surface area (Å²) in [6.07, 6.45) is 0.273. The number of hydrogen-bond donors (Lipinski definition) is 2. The van der Waals surface area contributed by atoms with Crippen molar-refractivity contribution in [3.8, 4) is 6.07 Å². The highest BCUT2D eigenvalue weighted by atomic mass is 19.1. The van der Waals surface area contributed by atoms with Gasteiger partial charge in [-0.25, -0.2) is 4.39 Å². The van der Waals surface area contributed by atoms with E-state index in [9.17, 15) is 28.8 Å². The number of amides is 3. The molecule has 186 valence electrons. The average molecular weight is 491 g/mol. The van der Waals surface area contributed by atoms with Gasteiger partial charge < -0.3 is 15.5 Å². The quantitative estimate of drug-likeness (QED) is 0.493. The number of rotatable bonds is 5. The monoisotopic (exact) mass is 490 g/mol. The Hall–Kier alpha value is -4.06. The molecule has 1 spiro atoms. The molecule has 0 aliphatic carbocycles. The van der Waals surface area contributed by atoms with Gasteiger partial charge >= 0.3 is 0 Å². The number of nitrogens with one attached hydrogen (secondary N) is 2. The van der Waals surface area contributed by atoms with Gasteiger partial charge in [-0.2, -0.15) is 5.26 Å². The predicted octanol–water partition coefficient (Wildman–Crippen LogP) is 2.94. The van der Waals surface area contributed by atoms with Gasteiger partial charge in [0, 0.05) is 18.7 Å². The fraction of sp³-hybridized carbons (Fsp3) is 0.370. The minimum Gasteiger partial charge on any atom is -0.337 e. The predicted molar refractivity (Wildman–Crippen MR) is 129 cm³/mol. The van der Waals surface area contributed by atoms with Crippen molar-refractivity contribution >= 4 is 29.2 Å². The summed E-state index contributed by atoms with van der Waals surface area (Å²) in [7, 11) is 0. The summed E-state index contributed by atoms with van der Waals surface area (Å²) in [5.41, 5.74) is -0.552. The standard InChI is InChI=1S/C27H27FN4O4/c1-26(2,3)13-21(30-23(34)22(33)17-8-4-6-10-19(17)28)24(35)32-15-27(12-16(32)14-29)18-9-5-7-11-20(18)31-25(27)36/h4-11,16,21H,12-13,15H2,1-3H3,(H,30,34)(H,31,36)/t16-,21-,27-/m0/s1. The fourth-order valence-electron chi connectivity index (χ4n) is 4.99. The Balaban J connectivity index is 1.62. The molecule has 2 aromatic rings. The number of halogens is 1. The molecule has 2 heterocycles. The molecule has 0 aromatic heterocycles. The molecule has 3 atom stereocenters. The number of Topliss-reactive ketones (excluding diaryl/α,β-unsaturated/α-hetero) is 1. The molecule has 1 saturated heterocycles. The topological polar surface area (TPSA) is 119 Å². The van der Waals surface area contributed by atoms with Crippen LogP contribution in [0.25, 0.3) is 0 Å². The van der Waals surface area contributed by atoms with E-state index in [1.165, 1.54) is 23.1 Å². The highest BCUT2D eigenvalue weighted by molar-refractivity contribution is 6.43. The number of carbonyl (C=O) groups is 4. The van der Waals surface area contributed by atoms with E-state index in [0.29, 0.717) is 5.69 Å². The van der Waals surface area contributed by atoms with Crippen LogP contribution < -0.4 is 10.6 Å². The number of fused-ring (bicyclic) bond motifs is 2. The third-order valence-corrected chi connectivity index (χ3v) is 6.66. The van der Waals surface area contributed by atoms with Crippen LogP contribution >= 0.6 is 0 Å². The molecule has 0 unspecified atom stereocenters. The van der Waals surface area contributed by atoms with Crippen molar-refractivity contribution in [3.63, 3.8) is 0 Å². The Kier molecular flexibility index (Phi) is 6.39. The van der Waals surface area contributed by atoms with E-state index in [1.807, 2.05) is 20.8 Å². The van der Waals surface area contributed by atoms with Crippen LogP contribution in [0.3, 0.4) is 0 Å². The molecule has 1 fully saturated rings. The zero-order valence-corrected chi connectivity index (χ0v) is 20.3. The zero-order valence-electron chi connectivity index (χ0n) is 20.3. The molecule has 2 aromatic carbocycles. The molecule has 36 heavy (non-hydrogen) atoms. The van der Waals surface area contributed by atoms with Gasteiger partial charge in [-0.3, -0.25) is 19.2 Å². The highest BCUT2D eigenvalue weighted by Crippen LogP contribution is 2.46. The minimum absolute atomic E-state index is 0.0370. The Morgan fingerprint density at radius 3 is 2.53 bits per heavy atom. The van der Waals surface area contributed by atoms with Crippen molar-refractivity contribution in [2.75, 3.05) is 11.9 Å². The summed E-state index contributed by atoms with van der Waals surface area (Å²) in [5.74, 6) is -3.91. The molecule has 9 heteroatoms. The number of para-hydroxylation sites is 1. The molecule has 4 rings (SSSR count). The Morgan fingerprint density at radius 1 is 1.19 bits per heavy atom. The lowest BCUT2D eigenvalue weighted by Crippen LogP contribution is -2.53. The second-order valence-electron chi connectivity index (χ2n) is 10.5. The number of benzene rings is 2. The van der Waals surface area contributed by atoms with Gasteiger partial charge in [0.1, 0.15) is 17.9 Å². The SMILES string of the molecule is CC(C)(C)C[C@H](NC(=O)C(=O)c1ccccc1F)C(=O)N1C[C@]2(C[C@H]1C#N)C(=O)Nc1ccccc12. The number of nitriles is 1. The first-order valence-corrected chi connectivity index (χ1v) is 11.7. The normalized spacial score (nSPS) is 21.5. The van der Waals surface area contributed by atoms with Crippen LogP contribution in [-0.2, 0) is 19.8 Å². The number of ketones is 1. The molecule has 2 N–H and O–H groups in total. The van der Waals surface area contributed by atoms with Crippen molar-refractivity contribution in [3.05, 3.63) is 65.5 Å². The molecule has 0 radical (unpaired) electrons. The zero-order chi connectivity index (χ0) is 26.3. The number of nitrogens with zero attached hydrogens (tertiary/aromatic N) is 2. The maximum Gasteiger partial charge on any atom is 0.293 e. The minimum atomic E-state index is -1.15. The molecule has 2 aliphatic heterocycles. The maximum atomic E-state index is 14.1. The van der Waals surface area contributed by atoms with Gasteiger partial charge in [0.2, 0.25) is 11.8 Å². The van der Waals surface area contributed by atoms with Crippen LogP contribution in [0.5, 0.6) is 0 Å². The van der Waals surface area contributed by atoms with Crippen molar-refractivity contribution in [1.82, 2.24) is 10.2 Å². The lowest BCUT2D eigenvalue weighted by Gasteiger charge is -2.31. The largest absolute Gasteiger partial charge is 0.337 e. The molecule has 0 bridgehead atoms. The third-order valence-electron chi connectivity index (χ3n) is 6.66. The summed E-state index contributed by atoms with van der Waals surface area (Å²) >= 11 is 0. The Morgan fingerprint density at radius 2 is 1.86 bits per heavy atom. The smallest absolute Gasteiger partial charge is 0.293 e. The van der Waals surface area contributed by atoms with E-state index in [0.717, 1.165) is 11.6 Å². The summed E-state index contributed by atoms with van der Waals surface area (Å²) in [5, 5.41) is 15.2.